The molecule has 34 heavy (non-hydrogen) atoms. The van der Waals surface area contributed by atoms with Crippen molar-refractivity contribution in [3.8, 4) is 5.75 Å². The van der Waals surface area contributed by atoms with Gasteiger partial charge in [-0.3, -0.25) is 30.6 Å². The largest absolute Gasteiger partial charge is 0.484 e. The fraction of sp³-hybridized carbons (Fsp3) is 0.167. The number of halogens is 1. The molecule has 0 atom stereocenters. The molecule has 0 saturated heterocycles. The van der Waals surface area contributed by atoms with Crippen LogP contribution in [0, 0.1) is 6.92 Å². The van der Waals surface area contributed by atoms with Gasteiger partial charge in [0.2, 0.25) is 11.8 Å². The number of anilines is 1. The van der Waals surface area contributed by atoms with Gasteiger partial charge < -0.3 is 10.1 Å². The molecular formula is C24H23ClN4O4S. The second-order valence-electron chi connectivity index (χ2n) is 7.31. The molecule has 4 N–H and O–H groups in total. The third-order valence-corrected chi connectivity index (χ3v) is 5.39. The van der Waals surface area contributed by atoms with Crippen molar-refractivity contribution in [1.29, 1.82) is 0 Å². The van der Waals surface area contributed by atoms with Crippen LogP contribution in [0.15, 0.2) is 60.7 Å². The third-order valence-electron chi connectivity index (χ3n) is 4.78. The van der Waals surface area contributed by atoms with Crippen molar-refractivity contribution >= 4 is 63.1 Å². The van der Waals surface area contributed by atoms with Gasteiger partial charge in [-0.2, -0.15) is 0 Å². The highest BCUT2D eigenvalue weighted by atomic mass is 35.5. The van der Waals surface area contributed by atoms with E-state index in [-0.39, 0.29) is 30.5 Å². The average Bonchev–Trinajstić information content (AvgIpc) is 2.83. The number of benzene rings is 3. The zero-order valence-electron chi connectivity index (χ0n) is 18.3. The molecule has 0 aromatic heterocycles. The molecule has 176 valence electrons. The van der Waals surface area contributed by atoms with Gasteiger partial charge in [0, 0.05) is 23.6 Å². The number of ether oxygens (including phenoxy) is 1. The van der Waals surface area contributed by atoms with Crippen LogP contribution >= 0.6 is 23.8 Å². The summed E-state index contributed by atoms with van der Waals surface area (Å²) in [6.07, 6.45) is -0.127. The zero-order valence-corrected chi connectivity index (χ0v) is 19.9. The van der Waals surface area contributed by atoms with Gasteiger partial charge in [0.05, 0.1) is 0 Å². The Morgan fingerprint density at radius 1 is 0.882 bits per heavy atom. The lowest BCUT2D eigenvalue weighted by Crippen LogP contribution is -2.49. The predicted octanol–water partition coefficient (Wildman–Crippen LogP) is 3.62. The minimum absolute atomic E-state index is 0.0435. The molecule has 0 aliphatic carbocycles. The molecule has 0 saturated carbocycles. The number of fused-ring (bicyclic) bond motifs is 1. The Morgan fingerprint density at radius 2 is 1.62 bits per heavy atom. The van der Waals surface area contributed by atoms with Crippen molar-refractivity contribution in [2.24, 2.45) is 0 Å². The van der Waals surface area contributed by atoms with Crippen molar-refractivity contribution in [3.05, 3.63) is 71.2 Å². The van der Waals surface area contributed by atoms with E-state index in [4.69, 9.17) is 28.6 Å². The van der Waals surface area contributed by atoms with Crippen LogP contribution in [0.1, 0.15) is 18.4 Å². The second kappa shape index (κ2) is 12.0. The van der Waals surface area contributed by atoms with E-state index in [9.17, 15) is 14.4 Å². The van der Waals surface area contributed by atoms with Gasteiger partial charge in [0.25, 0.3) is 5.91 Å². The Labute approximate surface area is 207 Å². The van der Waals surface area contributed by atoms with E-state index in [1.54, 1.807) is 31.2 Å². The Morgan fingerprint density at radius 3 is 2.41 bits per heavy atom. The summed E-state index contributed by atoms with van der Waals surface area (Å²) in [4.78, 5) is 36.1. The van der Waals surface area contributed by atoms with Crippen molar-refractivity contribution in [2.75, 3.05) is 11.9 Å². The normalized spacial score (nSPS) is 10.3. The lowest BCUT2D eigenvalue weighted by molar-refractivity contribution is -0.125. The zero-order chi connectivity index (χ0) is 24.5. The molecule has 0 unspecified atom stereocenters. The smallest absolute Gasteiger partial charge is 0.264 e. The minimum Gasteiger partial charge on any atom is -0.484 e. The number of amides is 3. The molecule has 0 heterocycles. The molecule has 0 spiro atoms. The maximum atomic E-state index is 12.1. The summed E-state index contributed by atoms with van der Waals surface area (Å²) in [6, 6.07) is 18.5. The molecule has 8 nitrogen and oxygen atoms in total. The van der Waals surface area contributed by atoms with E-state index < -0.39 is 11.8 Å². The number of hydrogen-bond acceptors (Lipinski definition) is 5. The van der Waals surface area contributed by atoms with E-state index >= 15 is 0 Å². The van der Waals surface area contributed by atoms with E-state index in [1.165, 1.54) is 0 Å². The summed E-state index contributed by atoms with van der Waals surface area (Å²) in [5.74, 6) is -0.743. The number of carbonyl (C=O) groups excluding carboxylic acids is 3. The van der Waals surface area contributed by atoms with E-state index in [2.05, 4.69) is 21.5 Å². The highest BCUT2D eigenvalue weighted by Crippen LogP contribution is 2.23. The number of thiocarbonyl (C=S) groups is 1. The first-order chi connectivity index (χ1) is 16.3. The van der Waals surface area contributed by atoms with Gasteiger partial charge in [-0.05, 0) is 59.7 Å². The van der Waals surface area contributed by atoms with E-state index in [1.807, 2.05) is 36.4 Å². The Hall–Kier alpha value is -3.69. The van der Waals surface area contributed by atoms with Crippen molar-refractivity contribution in [1.82, 2.24) is 16.2 Å². The first-order valence-corrected chi connectivity index (χ1v) is 11.2. The maximum Gasteiger partial charge on any atom is 0.264 e. The molecular weight excluding hydrogens is 476 g/mol. The summed E-state index contributed by atoms with van der Waals surface area (Å²) in [7, 11) is 0. The molecule has 0 bridgehead atoms. The van der Waals surface area contributed by atoms with Crippen LogP contribution in [0.5, 0.6) is 5.75 Å². The number of nitrogens with one attached hydrogen (secondary N) is 4. The first-order valence-electron chi connectivity index (χ1n) is 10.4. The third kappa shape index (κ3) is 7.43. The summed E-state index contributed by atoms with van der Waals surface area (Å²) >= 11 is 11.0. The molecule has 3 aromatic carbocycles. The van der Waals surface area contributed by atoms with Crippen molar-refractivity contribution in [3.63, 3.8) is 0 Å². The molecule has 0 aliphatic rings. The molecule has 3 amide bonds. The molecule has 3 rings (SSSR count). The van der Waals surface area contributed by atoms with Gasteiger partial charge in [-0.25, -0.2) is 0 Å². The van der Waals surface area contributed by atoms with Gasteiger partial charge in [0.15, 0.2) is 11.7 Å². The van der Waals surface area contributed by atoms with Crippen molar-refractivity contribution < 1.29 is 19.1 Å². The highest BCUT2D eigenvalue weighted by Gasteiger charge is 2.11. The summed E-state index contributed by atoms with van der Waals surface area (Å²) in [6.45, 7) is 1.54. The number of hydrazine groups is 1. The molecule has 10 heteroatoms. The van der Waals surface area contributed by atoms with Crippen LogP contribution in [-0.2, 0) is 14.4 Å². The van der Waals surface area contributed by atoms with Crippen LogP contribution < -0.4 is 26.2 Å². The number of hydrogen-bond donors (Lipinski definition) is 4. The highest BCUT2D eigenvalue weighted by molar-refractivity contribution is 7.80. The van der Waals surface area contributed by atoms with E-state index in [0.717, 1.165) is 16.3 Å². The average molecular weight is 499 g/mol. The first kappa shape index (κ1) is 24.9. The number of carbonyl (C=O) groups is 3. The monoisotopic (exact) mass is 498 g/mol. The van der Waals surface area contributed by atoms with Crippen LogP contribution in [0.25, 0.3) is 10.8 Å². The van der Waals surface area contributed by atoms with Gasteiger partial charge >= 0.3 is 0 Å². The topological polar surface area (TPSA) is 109 Å². The quantitative estimate of drug-likeness (QED) is 0.293. The van der Waals surface area contributed by atoms with Crippen molar-refractivity contribution in [2.45, 2.75) is 19.8 Å². The molecule has 3 aromatic rings. The predicted molar refractivity (Wildman–Crippen MR) is 136 cm³/mol. The Bertz CT molecular complexity index is 1230. The maximum absolute atomic E-state index is 12.1. The fourth-order valence-corrected chi connectivity index (χ4v) is 3.31. The Kier molecular flexibility index (Phi) is 8.78. The van der Waals surface area contributed by atoms with Crippen LogP contribution in [0.3, 0.4) is 0 Å². The van der Waals surface area contributed by atoms with Crippen LogP contribution in [0.2, 0.25) is 5.02 Å². The van der Waals surface area contributed by atoms with Crippen LogP contribution in [0.4, 0.5) is 5.69 Å². The summed E-state index contributed by atoms with van der Waals surface area (Å²) in [5.41, 5.74) is 6.09. The lowest BCUT2D eigenvalue weighted by Gasteiger charge is -2.12. The summed E-state index contributed by atoms with van der Waals surface area (Å²) in [5, 5.41) is 7.62. The molecule has 0 radical (unpaired) electrons. The SMILES string of the molecule is Cc1c(Cl)cccc1NC(=O)CCC(=O)NNC(=S)NC(=O)COc1ccc2ccccc2c1. The molecule has 0 fully saturated rings. The minimum atomic E-state index is -0.490. The lowest BCUT2D eigenvalue weighted by atomic mass is 10.1. The fourth-order valence-electron chi connectivity index (χ4n) is 2.97. The van der Waals surface area contributed by atoms with Gasteiger partial charge in [-0.15, -0.1) is 0 Å². The van der Waals surface area contributed by atoms with Gasteiger partial charge in [-0.1, -0.05) is 48.0 Å². The molecule has 0 aliphatic heterocycles. The van der Waals surface area contributed by atoms with Gasteiger partial charge in [0.1, 0.15) is 5.75 Å². The number of rotatable bonds is 7. The Balaban J connectivity index is 1.34. The van der Waals surface area contributed by atoms with Crippen LogP contribution in [-0.4, -0.2) is 29.4 Å². The second-order valence-corrected chi connectivity index (χ2v) is 8.12. The standard InChI is InChI=1S/C24H23ClN4O4S/c1-15-19(25)7-4-8-20(15)26-21(30)11-12-22(31)28-29-24(34)27-23(32)14-33-18-10-9-16-5-2-3-6-17(16)13-18/h2-10,13H,11-12,14H2,1H3,(H,26,30)(H,28,31)(H2,27,29,32,34). The van der Waals surface area contributed by atoms with E-state index in [0.29, 0.717) is 16.5 Å². The summed E-state index contributed by atoms with van der Waals surface area (Å²) < 4.78 is 5.49.